The van der Waals surface area contributed by atoms with Crippen LogP contribution in [-0.4, -0.2) is 69.3 Å². The highest BCUT2D eigenvalue weighted by atomic mass is 32.0. The number of benzene rings is 1. The lowest BCUT2D eigenvalue weighted by molar-refractivity contribution is -0.352. The molecule has 1 aromatic rings. The molecule has 0 spiro atoms. The van der Waals surface area contributed by atoms with Gasteiger partial charge in [0.05, 0.1) is 31.5 Å². The zero-order chi connectivity index (χ0) is 31.7. The van der Waals surface area contributed by atoms with Gasteiger partial charge in [0.25, 0.3) is 0 Å². The van der Waals surface area contributed by atoms with E-state index in [-0.39, 0.29) is 79.0 Å². The first kappa shape index (κ1) is 35.1. The van der Waals surface area contributed by atoms with Crippen molar-refractivity contribution < 1.29 is 37.7 Å². The SMILES string of the molecule is CCC1OC(O[C@H]2C(OP(C)P)OC(CO[C@@H]3OC4COC(c5ccccc5)O[C@H]4[C@H](C)C3C)[C@@H](C)[C@@H]2C)[C@@H](C)[C@@H](C)[C@@H]1C. The molecule has 0 aromatic heterocycles. The molecule has 0 bridgehead atoms. The Labute approximate surface area is 268 Å². The first-order valence-electron chi connectivity index (χ1n) is 16.7. The summed E-state index contributed by atoms with van der Waals surface area (Å²) in [4.78, 5) is 0. The molecule has 4 aliphatic heterocycles. The van der Waals surface area contributed by atoms with Crippen LogP contribution in [0, 0.1) is 41.4 Å². The minimum absolute atomic E-state index is 0.0577. The second-order valence-electron chi connectivity index (χ2n) is 13.8. The summed E-state index contributed by atoms with van der Waals surface area (Å²) in [6, 6.07) is 10.1. The molecule has 4 heterocycles. The van der Waals surface area contributed by atoms with Crippen molar-refractivity contribution in [3.05, 3.63) is 35.9 Å². The van der Waals surface area contributed by atoms with E-state index in [0.717, 1.165) is 12.0 Å². The van der Waals surface area contributed by atoms with Gasteiger partial charge in [-0.3, -0.25) is 0 Å². The van der Waals surface area contributed by atoms with Crippen molar-refractivity contribution in [2.75, 3.05) is 19.9 Å². The van der Waals surface area contributed by atoms with E-state index in [1.807, 2.05) is 30.3 Å². The van der Waals surface area contributed by atoms with Crippen LogP contribution in [-0.2, 0) is 37.7 Å². The minimum Gasteiger partial charge on any atom is -0.350 e. The third-order valence-corrected chi connectivity index (χ3v) is 12.0. The van der Waals surface area contributed by atoms with Gasteiger partial charge >= 0.3 is 0 Å². The highest BCUT2D eigenvalue weighted by Crippen LogP contribution is 2.48. The van der Waals surface area contributed by atoms with E-state index in [4.69, 9.17) is 37.7 Å². The van der Waals surface area contributed by atoms with E-state index in [2.05, 4.69) is 71.0 Å². The van der Waals surface area contributed by atoms with Gasteiger partial charge in [-0.15, -0.1) is 0 Å². The molecule has 9 unspecified atom stereocenters. The van der Waals surface area contributed by atoms with Crippen LogP contribution in [0.2, 0.25) is 0 Å². The van der Waals surface area contributed by atoms with Gasteiger partial charge in [0.2, 0.25) is 0 Å². The molecular formula is C34H56O8P2. The molecule has 0 saturated carbocycles. The molecule has 0 aliphatic carbocycles. The topological polar surface area (TPSA) is 73.8 Å². The van der Waals surface area contributed by atoms with Crippen molar-refractivity contribution >= 4 is 16.8 Å². The quantitative estimate of drug-likeness (QED) is 0.256. The van der Waals surface area contributed by atoms with E-state index in [0.29, 0.717) is 25.0 Å². The number of hydrogen-bond acceptors (Lipinski definition) is 8. The van der Waals surface area contributed by atoms with E-state index < -0.39 is 14.1 Å². The van der Waals surface area contributed by atoms with Gasteiger partial charge in [-0.25, -0.2) is 0 Å². The fourth-order valence-corrected chi connectivity index (χ4v) is 8.14. The van der Waals surface area contributed by atoms with Crippen LogP contribution >= 0.6 is 16.8 Å². The zero-order valence-electron chi connectivity index (χ0n) is 28.0. The Bertz CT molecular complexity index is 1030. The number of hydrogen-bond donors (Lipinski definition) is 0. The van der Waals surface area contributed by atoms with Crippen LogP contribution in [0.1, 0.15) is 73.7 Å². The molecule has 8 nitrogen and oxygen atoms in total. The van der Waals surface area contributed by atoms with Gasteiger partial charge in [0.15, 0.2) is 25.2 Å². The summed E-state index contributed by atoms with van der Waals surface area (Å²) in [5.74, 6) is 2.02. The molecule has 1 aromatic carbocycles. The van der Waals surface area contributed by atoms with Crippen molar-refractivity contribution in [2.45, 2.75) is 117 Å². The highest BCUT2D eigenvalue weighted by Gasteiger charge is 2.50. The maximum absolute atomic E-state index is 6.80. The van der Waals surface area contributed by atoms with Crippen molar-refractivity contribution in [3.63, 3.8) is 0 Å². The first-order chi connectivity index (χ1) is 21.0. The van der Waals surface area contributed by atoms with Crippen molar-refractivity contribution in [3.8, 4) is 0 Å². The van der Waals surface area contributed by atoms with E-state index >= 15 is 0 Å². The van der Waals surface area contributed by atoms with E-state index in [9.17, 15) is 0 Å². The van der Waals surface area contributed by atoms with E-state index in [1.54, 1.807) is 0 Å². The molecule has 250 valence electrons. The standard InChI is InChI=1S/C34H56O8P2/c1-10-26-19(3)18(2)23(7)32(37-26)41-30-21(5)20(4)27(38-34(30)42-44(9)43)16-35-31-24(8)22(6)29-28(39-31)17-36-33(40-29)25-14-12-11-13-15-25/h11-15,18-24,26-34H,10,16-17,43H2,1-9H3/t18-,19-,20-,21-,22+,23-,24?,26?,27?,28?,29-,30+,31+,32?,33?,34?,44?/m0/s1. The Balaban J connectivity index is 1.21. The third kappa shape index (κ3) is 7.57. The highest BCUT2D eigenvalue weighted by molar-refractivity contribution is 8.10. The molecule has 0 amide bonds. The van der Waals surface area contributed by atoms with Crippen LogP contribution < -0.4 is 0 Å². The summed E-state index contributed by atoms with van der Waals surface area (Å²) in [6.45, 7) is 20.9. The fourth-order valence-electron chi connectivity index (χ4n) is 7.29. The lowest BCUT2D eigenvalue weighted by Gasteiger charge is -2.50. The molecule has 4 saturated heterocycles. The van der Waals surface area contributed by atoms with E-state index in [1.165, 1.54) is 0 Å². The normalized spacial score (nSPS) is 47.1. The van der Waals surface area contributed by atoms with Gasteiger partial charge < -0.3 is 37.7 Å². The molecule has 0 N–H and O–H groups in total. The van der Waals surface area contributed by atoms with Gasteiger partial charge in [-0.2, -0.15) is 0 Å². The molecule has 18 atom stereocenters. The van der Waals surface area contributed by atoms with Crippen molar-refractivity contribution in [2.24, 2.45) is 41.4 Å². The van der Waals surface area contributed by atoms with Gasteiger partial charge in [0.1, 0.15) is 12.2 Å². The lowest BCUT2D eigenvalue weighted by atomic mass is 9.78. The van der Waals surface area contributed by atoms with Crippen LogP contribution in [0.15, 0.2) is 30.3 Å². The van der Waals surface area contributed by atoms with Crippen molar-refractivity contribution in [1.29, 1.82) is 0 Å². The maximum Gasteiger partial charge on any atom is 0.188 e. The first-order valence-corrected chi connectivity index (χ1v) is 20.0. The van der Waals surface area contributed by atoms with Gasteiger partial charge in [-0.1, -0.05) is 94.7 Å². The van der Waals surface area contributed by atoms with Crippen LogP contribution in [0.25, 0.3) is 0 Å². The summed E-state index contributed by atoms with van der Waals surface area (Å²) in [7, 11) is 2.03. The number of rotatable bonds is 9. The predicted molar refractivity (Wildman–Crippen MR) is 175 cm³/mol. The summed E-state index contributed by atoms with van der Waals surface area (Å²) < 4.78 is 51.9. The predicted octanol–water partition coefficient (Wildman–Crippen LogP) is 7.37. The molecule has 4 fully saturated rings. The number of fused-ring (bicyclic) bond motifs is 1. The summed E-state index contributed by atoms with van der Waals surface area (Å²) >= 11 is 0. The molecule has 44 heavy (non-hydrogen) atoms. The van der Waals surface area contributed by atoms with Crippen LogP contribution in [0.4, 0.5) is 0 Å². The zero-order valence-corrected chi connectivity index (χ0v) is 30.1. The molecule has 10 heteroatoms. The van der Waals surface area contributed by atoms with Crippen molar-refractivity contribution in [1.82, 2.24) is 0 Å². The molecule has 0 radical (unpaired) electrons. The second-order valence-corrected chi connectivity index (χ2v) is 17.3. The smallest absolute Gasteiger partial charge is 0.188 e. The summed E-state index contributed by atoms with van der Waals surface area (Å²) in [5.41, 5.74) is 1.03. The monoisotopic (exact) mass is 654 g/mol. The average Bonchev–Trinajstić information content (AvgIpc) is 3.02. The summed E-state index contributed by atoms with van der Waals surface area (Å²) in [6.07, 6.45) is -1.00. The lowest BCUT2D eigenvalue weighted by Crippen LogP contribution is -2.57. The molecule has 5 rings (SSSR count). The Morgan fingerprint density at radius 3 is 2.09 bits per heavy atom. The third-order valence-electron chi connectivity index (χ3n) is 11.1. The maximum atomic E-state index is 6.80. The van der Waals surface area contributed by atoms with Crippen LogP contribution in [0.5, 0.6) is 0 Å². The largest absolute Gasteiger partial charge is 0.350 e. The Morgan fingerprint density at radius 2 is 1.41 bits per heavy atom. The molecule has 4 aliphatic rings. The molecular weight excluding hydrogens is 598 g/mol. The number of ether oxygens (including phenoxy) is 7. The Kier molecular flexibility index (Phi) is 12.2. The summed E-state index contributed by atoms with van der Waals surface area (Å²) in [5, 5.41) is 0. The fraction of sp³-hybridized carbons (Fsp3) is 0.824. The van der Waals surface area contributed by atoms with Gasteiger partial charge in [0, 0.05) is 25.2 Å². The van der Waals surface area contributed by atoms with Gasteiger partial charge in [-0.05, 0) is 42.7 Å². The Hall–Kier alpha value is -0.240. The minimum atomic E-state index is -0.751. The van der Waals surface area contributed by atoms with Crippen LogP contribution in [0.3, 0.4) is 0 Å². The average molecular weight is 655 g/mol. The second kappa shape index (κ2) is 15.3. The Morgan fingerprint density at radius 1 is 0.750 bits per heavy atom.